The Bertz CT molecular complexity index is 263. The van der Waals surface area contributed by atoms with Crippen LogP contribution in [0.5, 0.6) is 0 Å². The highest BCUT2D eigenvalue weighted by Crippen LogP contribution is 2.13. The minimum atomic E-state index is -0.178. The van der Waals surface area contributed by atoms with Crippen molar-refractivity contribution in [1.82, 2.24) is 0 Å². The standard InChI is InChI=1S/C11H19N3O/c12-11-10(5-3-7-14-11)15-8-9-4-1-2-6-13-9/h7,10-11H,1-6,8,12H2. The predicted molar refractivity (Wildman–Crippen MR) is 61.6 cm³/mol. The molecule has 0 amide bonds. The molecule has 0 aliphatic carbocycles. The summed E-state index contributed by atoms with van der Waals surface area (Å²) in [6.45, 7) is 1.61. The summed E-state index contributed by atoms with van der Waals surface area (Å²) in [6.07, 6.45) is 7.31. The van der Waals surface area contributed by atoms with E-state index in [-0.39, 0.29) is 12.3 Å². The van der Waals surface area contributed by atoms with E-state index < -0.39 is 0 Å². The van der Waals surface area contributed by atoms with Gasteiger partial charge in [0.05, 0.1) is 12.7 Å². The van der Waals surface area contributed by atoms with Crippen molar-refractivity contribution >= 4 is 11.9 Å². The Hall–Kier alpha value is -0.740. The minimum absolute atomic E-state index is 0.0830. The number of rotatable bonds is 3. The molecule has 2 heterocycles. The minimum Gasteiger partial charge on any atom is -0.369 e. The molecule has 2 rings (SSSR count). The maximum Gasteiger partial charge on any atom is 0.123 e. The van der Waals surface area contributed by atoms with Crippen LogP contribution in [-0.4, -0.2) is 37.3 Å². The van der Waals surface area contributed by atoms with Gasteiger partial charge in [0.15, 0.2) is 0 Å². The summed E-state index contributed by atoms with van der Waals surface area (Å²) in [7, 11) is 0. The van der Waals surface area contributed by atoms with E-state index >= 15 is 0 Å². The summed E-state index contributed by atoms with van der Waals surface area (Å²) in [5.74, 6) is 0. The molecule has 2 atom stereocenters. The number of nitrogens with two attached hydrogens (primary N) is 1. The van der Waals surface area contributed by atoms with Crippen LogP contribution in [0.3, 0.4) is 0 Å². The fraction of sp³-hybridized carbons (Fsp3) is 0.818. The van der Waals surface area contributed by atoms with Gasteiger partial charge in [0, 0.05) is 18.5 Å². The van der Waals surface area contributed by atoms with Crippen molar-refractivity contribution in [2.45, 2.75) is 44.4 Å². The van der Waals surface area contributed by atoms with Crippen molar-refractivity contribution in [2.24, 2.45) is 15.7 Å². The van der Waals surface area contributed by atoms with Crippen molar-refractivity contribution in [3.05, 3.63) is 0 Å². The van der Waals surface area contributed by atoms with E-state index in [2.05, 4.69) is 9.98 Å². The lowest BCUT2D eigenvalue weighted by Gasteiger charge is -2.24. The first kappa shape index (κ1) is 10.8. The summed E-state index contributed by atoms with van der Waals surface area (Å²) in [5, 5.41) is 0. The van der Waals surface area contributed by atoms with Crippen molar-refractivity contribution in [3.8, 4) is 0 Å². The molecule has 0 fully saturated rings. The first-order valence-electron chi connectivity index (χ1n) is 5.77. The summed E-state index contributed by atoms with van der Waals surface area (Å²) in [6, 6.07) is 0. The number of ether oxygens (including phenoxy) is 1. The average molecular weight is 209 g/mol. The Kier molecular flexibility index (Phi) is 3.86. The van der Waals surface area contributed by atoms with Gasteiger partial charge in [0.2, 0.25) is 0 Å². The van der Waals surface area contributed by atoms with Crippen LogP contribution in [0, 0.1) is 0 Å². The molecule has 2 N–H and O–H groups in total. The van der Waals surface area contributed by atoms with Crippen LogP contribution in [-0.2, 0) is 4.74 Å². The molecule has 2 aliphatic rings. The molecule has 0 aromatic heterocycles. The fourth-order valence-corrected chi connectivity index (χ4v) is 1.96. The normalized spacial score (nSPS) is 31.4. The van der Waals surface area contributed by atoms with E-state index in [9.17, 15) is 0 Å². The molecule has 15 heavy (non-hydrogen) atoms. The second-order valence-electron chi connectivity index (χ2n) is 4.15. The average Bonchev–Trinajstić information content (AvgIpc) is 2.29. The number of hydrogen-bond acceptors (Lipinski definition) is 4. The van der Waals surface area contributed by atoms with Crippen LogP contribution in [0.4, 0.5) is 0 Å². The number of aliphatic imine (C=N–C) groups is 2. The lowest BCUT2D eigenvalue weighted by molar-refractivity contribution is 0.0545. The molecule has 0 saturated carbocycles. The first-order chi connectivity index (χ1) is 7.36. The van der Waals surface area contributed by atoms with Crippen molar-refractivity contribution in [1.29, 1.82) is 0 Å². The molecular weight excluding hydrogens is 190 g/mol. The van der Waals surface area contributed by atoms with Gasteiger partial charge in [-0.05, 0) is 32.1 Å². The van der Waals surface area contributed by atoms with Gasteiger partial charge in [-0.1, -0.05) is 0 Å². The second kappa shape index (κ2) is 5.37. The number of hydrogen-bond donors (Lipinski definition) is 1. The molecule has 2 unspecified atom stereocenters. The Balaban J connectivity index is 1.77. The Morgan fingerprint density at radius 2 is 2.40 bits per heavy atom. The zero-order chi connectivity index (χ0) is 10.5. The van der Waals surface area contributed by atoms with E-state index in [0.717, 1.165) is 25.8 Å². The SMILES string of the molecule is NC1N=CCCC1OCC1=NCCCC1. The van der Waals surface area contributed by atoms with Gasteiger partial charge in [0.1, 0.15) is 6.17 Å². The highest BCUT2D eigenvalue weighted by Gasteiger charge is 2.20. The summed E-state index contributed by atoms with van der Waals surface area (Å²) >= 11 is 0. The largest absolute Gasteiger partial charge is 0.369 e. The van der Waals surface area contributed by atoms with Crippen LogP contribution in [0.1, 0.15) is 32.1 Å². The summed E-state index contributed by atoms with van der Waals surface area (Å²) in [4.78, 5) is 8.61. The topological polar surface area (TPSA) is 60.0 Å². The molecular formula is C11H19N3O. The molecule has 0 aromatic rings. The molecule has 0 bridgehead atoms. The molecule has 0 aromatic carbocycles. The van der Waals surface area contributed by atoms with E-state index in [1.165, 1.54) is 18.6 Å². The summed E-state index contributed by atoms with van der Waals surface area (Å²) in [5.41, 5.74) is 7.03. The number of nitrogens with zero attached hydrogens (tertiary/aromatic N) is 2. The van der Waals surface area contributed by atoms with Crippen molar-refractivity contribution in [3.63, 3.8) is 0 Å². The molecule has 4 nitrogen and oxygen atoms in total. The van der Waals surface area contributed by atoms with Crippen molar-refractivity contribution in [2.75, 3.05) is 13.2 Å². The van der Waals surface area contributed by atoms with Gasteiger partial charge >= 0.3 is 0 Å². The van der Waals surface area contributed by atoms with Gasteiger partial charge in [0.25, 0.3) is 0 Å². The van der Waals surface area contributed by atoms with Gasteiger partial charge in [-0.25, -0.2) is 0 Å². The zero-order valence-electron chi connectivity index (χ0n) is 9.06. The molecule has 0 saturated heterocycles. The van der Waals surface area contributed by atoms with E-state index in [1.807, 2.05) is 6.21 Å². The van der Waals surface area contributed by atoms with Gasteiger partial charge < -0.3 is 10.5 Å². The van der Waals surface area contributed by atoms with Crippen LogP contribution in [0.25, 0.3) is 0 Å². The van der Waals surface area contributed by atoms with Gasteiger partial charge in [-0.15, -0.1) is 0 Å². The van der Waals surface area contributed by atoms with Gasteiger partial charge in [-0.2, -0.15) is 0 Å². The van der Waals surface area contributed by atoms with E-state index in [1.54, 1.807) is 0 Å². The maximum absolute atomic E-state index is 5.83. The monoisotopic (exact) mass is 209 g/mol. The fourth-order valence-electron chi connectivity index (χ4n) is 1.96. The quantitative estimate of drug-likeness (QED) is 0.758. The molecule has 0 spiro atoms. The van der Waals surface area contributed by atoms with Crippen molar-refractivity contribution < 1.29 is 4.74 Å². The lowest BCUT2D eigenvalue weighted by Crippen LogP contribution is -2.38. The molecule has 84 valence electrons. The third-order valence-electron chi connectivity index (χ3n) is 2.91. The zero-order valence-corrected chi connectivity index (χ0v) is 9.06. The van der Waals surface area contributed by atoms with Crippen LogP contribution in [0.15, 0.2) is 9.98 Å². The van der Waals surface area contributed by atoms with Crippen LogP contribution < -0.4 is 5.73 Å². The highest BCUT2D eigenvalue weighted by molar-refractivity contribution is 5.86. The van der Waals surface area contributed by atoms with Crippen LogP contribution >= 0.6 is 0 Å². The van der Waals surface area contributed by atoms with Gasteiger partial charge in [-0.3, -0.25) is 9.98 Å². The smallest absolute Gasteiger partial charge is 0.123 e. The third kappa shape index (κ3) is 3.11. The maximum atomic E-state index is 5.83. The molecule has 2 aliphatic heterocycles. The van der Waals surface area contributed by atoms with Crippen LogP contribution in [0.2, 0.25) is 0 Å². The highest BCUT2D eigenvalue weighted by atomic mass is 16.5. The third-order valence-corrected chi connectivity index (χ3v) is 2.91. The Morgan fingerprint density at radius 3 is 3.13 bits per heavy atom. The Morgan fingerprint density at radius 1 is 1.47 bits per heavy atom. The second-order valence-corrected chi connectivity index (χ2v) is 4.15. The Labute approximate surface area is 90.6 Å². The molecule has 0 radical (unpaired) electrons. The molecule has 4 heteroatoms. The van der Waals surface area contributed by atoms with E-state index in [4.69, 9.17) is 10.5 Å². The lowest BCUT2D eigenvalue weighted by atomic mass is 10.1. The predicted octanol–water partition coefficient (Wildman–Crippen LogP) is 1.15. The summed E-state index contributed by atoms with van der Waals surface area (Å²) < 4.78 is 5.77. The van der Waals surface area contributed by atoms with E-state index in [0.29, 0.717) is 6.61 Å². The first-order valence-corrected chi connectivity index (χ1v) is 5.77.